The molecule has 2 heteroatoms. The van der Waals surface area contributed by atoms with Crippen molar-refractivity contribution in [3.63, 3.8) is 0 Å². The summed E-state index contributed by atoms with van der Waals surface area (Å²) in [5.41, 5.74) is 1.69. The smallest absolute Gasteiger partial charge is 0.0122 e. The lowest BCUT2D eigenvalue weighted by molar-refractivity contribution is 0.388. The van der Waals surface area contributed by atoms with Gasteiger partial charge in [-0.25, -0.2) is 0 Å². The minimum absolute atomic E-state index is 0.266. The zero-order valence-electron chi connectivity index (χ0n) is 12.4. The van der Waals surface area contributed by atoms with E-state index in [9.17, 15) is 0 Å². The third-order valence-electron chi connectivity index (χ3n) is 3.40. The molecule has 0 aliphatic carbocycles. The van der Waals surface area contributed by atoms with Crippen LogP contribution in [0.5, 0.6) is 0 Å². The van der Waals surface area contributed by atoms with Crippen LogP contribution < -0.4 is 5.32 Å². The molecule has 1 aromatic rings. The highest BCUT2D eigenvalue weighted by Crippen LogP contribution is 2.21. The molecule has 0 saturated heterocycles. The average molecular weight is 265 g/mol. The van der Waals surface area contributed by atoms with Gasteiger partial charge >= 0.3 is 0 Å². The number of benzene rings is 1. The van der Waals surface area contributed by atoms with Gasteiger partial charge in [0.2, 0.25) is 0 Å². The van der Waals surface area contributed by atoms with Crippen LogP contribution in [0.2, 0.25) is 0 Å². The lowest BCUT2D eigenvalue weighted by Crippen LogP contribution is -2.39. The van der Waals surface area contributed by atoms with Crippen LogP contribution in [-0.2, 0) is 0 Å². The van der Waals surface area contributed by atoms with Crippen molar-refractivity contribution in [1.82, 2.24) is 5.32 Å². The molecule has 0 fully saturated rings. The molecule has 0 heterocycles. The molecule has 0 bridgehead atoms. The summed E-state index contributed by atoms with van der Waals surface area (Å²) in [4.78, 5) is 1.37. The maximum Gasteiger partial charge on any atom is 0.0122 e. The van der Waals surface area contributed by atoms with Gasteiger partial charge in [-0.3, -0.25) is 0 Å². The molecule has 1 N–H and O–H groups in total. The summed E-state index contributed by atoms with van der Waals surface area (Å²) in [7, 11) is 0. The lowest BCUT2D eigenvalue weighted by atomic mass is 10.0. The van der Waals surface area contributed by atoms with Gasteiger partial charge in [0.05, 0.1) is 0 Å². The normalized spacial score (nSPS) is 12.1. The van der Waals surface area contributed by atoms with Gasteiger partial charge in [-0.15, -0.1) is 11.8 Å². The fourth-order valence-corrected chi connectivity index (χ4v) is 2.40. The van der Waals surface area contributed by atoms with Crippen molar-refractivity contribution in [2.45, 2.75) is 57.4 Å². The van der Waals surface area contributed by atoms with E-state index in [-0.39, 0.29) is 5.54 Å². The van der Waals surface area contributed by atoms with Gasteiger partial charge in [-0.1, -0.05) is 32.9 Å². The second-order valence-corrected chi connectivity index (χ2v) is 6.90. The fraction of sp³-hybridized carbons (Fsp3) is 0.625. The molecule has 0 aliphatic rings. The number of thioether (sulfide) groups is 1. The van der Waals surface area contributed by atoms with E-state index in [1.807, 2.05) is 11.8 Å². The molecule has 102 valence electrons. The van der Waals surface area contributed by atoms with Crippen LogP contribution in [0.4, 0.5) is 0 Å². The Hall–Kier alpha value is -0.470. The van der Waals surface area contributed by atoms with E-state index >= 15 is 0 Å². The molecule has 1 nitrogen and oxygen atoms in total. The molecule has 0 radical (unpaired) electrons. The van der Waals surface area contributed by atoms with Crippen LogP contribution in [-0.4, -0.2) is 17.8 Å². The van der Waals surface area contributed by atoms with E-state index in [0.717, 1.165) is 12.3 Å². The Morgan fingerprint density at radius 3 is 2.28 bits per heavy atom. The second-order valence-electron chi connectivity index (χ2n) is 5.74. The minimum atomic E-state index is 0.266. The zero-order valence-corrected chi connectivity index (χ0v) is 13.2. The Labute approximate surface area is 117 Å². The Balaban J connectivity index is 2.32. The Morgan fingerprint density at radius 1 is 1.17 bits per heavy atom. The van der Waals surface area contributed by atoms with Crippen molar-refractivity contribution < 1.29 is 0 Å². The Morgan fingerprint density at radius 2 is 1.78 bits per heavy atom. The van der Waals surface area contributed by atoms with E-state index in [4.69, 9.17) is 0 Å². The van der Waals surface area contributed by atoms with Gasteiger partial charge in [-0.2, -0.15) is 0 Å². The van der Waals surface area contributed by atoms with E-state index in [0.29, 0.717) is 5.92 Å². The summed E-state index contributed by atoms with van der Waals surface area (Å²) in [6.45, 7) is 12.3. The molecule has 1 aromatic carbocycles. The number of nitrogens with one attached hydrogen (secondary N) is 1. The van der Waals surface area contributed by atoms with Crippen LogP contribution in [0.15, 0.2) is 29.2 Å². The molecule has 0 amide bonds. The predicted octanol–water partition coefficient (Wildman–Crippen LogP) is 4.68. The SMILES string of the molecule is CCC(C)(C)NCCSc1ccc(C(C)C)cc1. The van der Waals surface area contributed by atoms with Crippen molar-refractivity contribution in [1.29, 1.82) is 0 Å². The first kappa shape index (κ1) is 15.6. The summed E-state index contributed by atoms with van der Waals surface area (Å²) in [5, 5.41) is 3.59. The zero-order chi connectivity index (χ0) is 13.6. The van der Waals surface area contributed by atoms with Crippen molar-refractivity contribution in [3.8, 4) is 0 Å². The highest BCUT2D eigenvalue weighted by molar-refractivity contribution is 7.99. The monoisotopic (exact) mass is 265 g/mol. The van der Waals surface area contributed by atoms with Gasteiger partial charge in [0, 0.05) is 22.7 Å². The Kier molecular flexibility index (Phi) is 6.24. The third-order valence-corrected chi connectivity index (χ3v) is 4.42. The van der Waals surface area contributed by atoms with Gasteiger partial charge in [0.1, 0.15) is 0 Å². The van der Waals surface area contributed by atoms with E-state index in [1.165, 1.54) is 16.9 Å². The molecule has 0 aromatic heterocycles. The maximum atomic E-state index is 3.59. The highest BCUT2D eigenvalue weighted by Gasteiger charge is 2.12. The largest absolute Gasteiger partial charge is 0.311 e. The molecular weight excluding hydrogens is 238 g/mol. The first-order chi connectivity index (χ1) is 8.44. The van der Waals surface area contributed by atoms with Crippen molar-refractivity contribution in [2.24, 2.45) is 0 Å². The number of hydrogen-bond acceptors (Lipinski definition) is 2. The van der Waals surface area contributed by atoms with Crippen LogP contribution in [0.25, 0.3) is 0 Å². The summed E-state index contributed by atoms with van der Waals surface area (Å²) >= 11 is 1.93. The molecular formula is C16H27NS. The van der Waals surface area contributed by atoms with Crippen LogP contribution in [0, 0.1) is 0 Å². The fourth-order valence-electron chi connectivity index (χ4n) is 1.63. The van der Waals surface area contributed by atoms with Crippen LogP contribution >= 0.6 is 11.8 Å². The van der Waals surface area contributed by atoms with E-state index in [2.05, 4.69) is 64.2 Å². The lowest BCUT2D eigenvalue weighted by Gasteiger charge is -2.24. The van der Waals surface area contributed by atoms with Gasteiger partial charge < -0.3 is 5.32 Å². The topological polar surface area (TPSA) is 12.0 Å². The third kappa shape index (κ3) is 5.45. The molecule has 1 rings (SSSR count). The summed E-state index contributed by atoms with van der Waals surface area (Å²) in [6.07, 6.45) is 1.17. The van der Waals surface area contributed by atoms with Crippen LogP contribution in [0.1, 0.15) is 52.5 Å². The average Bonchev–Trinajstić information content (AvgIpc) is 2.35. The van der Waals surface area contributed by atoms with Gasteiger partial charge in [0.25, 0.3) is 0 Å². The maximum absolute atomic E-state index is 3.59. The number of rotatable bonds is 7. The standard InChI is InChI=1S/C16H27NS/c1-6-16(4,5)17-11-12-18-15-9-7-14(8-10-15)13(2)3/h7-10,13,17H,6,11-12H2,1-5H3. The molecule has 0 aliphatic heterocycles. The van der Waals surface area contributed by atoms with Crippen molar-refractivity contribution in [2.75, 3.05) is 12.3 Å². The van der Waals surface area contributed by atoms with E-state index < -0.39 is 0 Å². The quantitative estimate of drug-likeness (QED) is 0.567. The molecule has 0 atom stereocenters. The summed E-state index contributed by atoms with van der Waals surface area (Å²) < 4.78 is 0. The van der Waals surface area contributed by atoms with Crippen LogP contribution in [0.3, 0.4) is 0 Å². The minimum Gasteiger partial charge on any atom is -0.311 e. The first-order valence-corrected chi connectivity index (χ1v) is 7.91. The number of hydrogen-bond donors (Lipinski definition) is 1. The summed E-state index contributed by atoms with van der Waals surface area (Å²) in [6, 6.07) is 8.97. The molecule has 0 unspecified atom stereocenters. The van der Waals surface area contributed by atoms with Gasteiger partial charge in [-0.05, 0) is 43.9 Å². The highest BCUT2D eigenvalue weighted by atomic mass is 32.2. The molecule has 0 saturated carbocycles. The molecule has 0 spiro atoms. The van der Waals surface area contributed by atoms with Gasteiger partial charge in [0.15, 0.2) is 0 Å². The molecule has 18 heavy (non-hydrogen) atoms. The van der Waals surface area contributed by atoms with Crippen molar-refractivity contribution in [3.05, 3.63) is 29.8 Å². The van der Waals surface area contributed by atoms with E-state index in [1.54, 1.807) is 0 Å². The summed E-state index contributed by atoms with van der Waals surface area (Å²) in [5.74, 6) is 1.75. The second kappa shape index (κ2) is 7.20. The predicted molar refractivity (Wildman–Crippen MR) is 83.6 cm³/mol. The van der Waals surface area contributed by atoms with Crippen molar-refractivity contribution >= 4 is 11.8 Å². The Bertz CT molecular complexity index is 341. The first-order valence-electron chi connectivity index (χ1n) is 6.92.